The molecule has 0 atom stereocenters. The first-order valence-corrected chi connectivity index (χ1v) is 9.49. The van der Waals surface area contributed by atoms with Crippen LogP contribution in [0, 0.1) is 0 Å². The van der Waals surface area contributed by atoms with Crippen molar-refractivity contribution in [3.8, 4) is 11.5 Å². The van der Waals surface area contributed by atoms with Gasteiger partial charge in [0.15, 0.2) is 5.96 Å². The third-order valence-electron chi connectivity index (χ3n) is 4.56. The lowest BCUT2D eigenvalue weighted by Crippen LogP contribution is -2.38. The number of benzene rings is 2. The molecule has 31 heavy (non-hydrogen) atoms. The van der Waals surface area contributed by atoms with E-state index in [1.54, 1.807) is 25.4 Å². The minimum absolute atomic E-state index is 0. The SMILES string of the molecule is CN=C(NCCc1cccc2cccnc12)NCc1cc(OC)ccc1OC(F)F.I. The number of aromatic nitrogens is 1. The summed E-state index contributed by atoms with van der Waals surface area (Å²) in [5.41, 5.74) is 2.65. The highest BCUT2D eigenvalue weighted by atomic mass is 127. The zero-order valence-electron chi connectivity index (χ0n) is 17.3. The minimum Gasteiger partial charge on any atom is -0.497 e. The summed E-state index contributed by atoms with van der Waals surface area (Å²) in [4.78, 5) is 8.65. The molecule has 6 nitrogen and oxygen atoms in total. The van der Waals surface area contributed by atoms with Crippen LogP contribution in [-0.4, -0.2) is 38.3 Å². The Labute approximate surface area is 197 Å². The number of hydrogen-bond acceptors (Lipinski definition) is 4. The third kappa shape index (κ3) is 6.91. The van der Waals surface area contributed by atoms with E-state index in [9.17, 15) is 8.78 Å². The van der Waals surface area contributed by atoms with Crippen LogP contribution in [0.5, 0.6) is 11.5 Å². The molecule has 2 N–H and O–H groups in total. The first-order valence-electron chi connectivity index (χ1n) is 9.49. The predicted octanol–water partition coefficient (Wildman–Crippen LogP) is 4.37. The lowest BCUT2D eigenvalue weighted by molar-refractivity contribution is -0.0504. The number of guanidine groups is 1. The van der Waals surface area contributed by atoms with E-state index in [2.05, 4.69) is 31.4 Å². The van der Waals surface area contributed by atoms with E-state index in [0.29, 0.717) is 23.8 Å². The van der Waals surface area contributed by atoms with Gasteiger partial charge in [-0.1, -0.05) is 24.3 Å². The van der Waals surface area contributed by atoms with Crippen molar-refractivity contribution in [1.29, 1.82) is 0 Å². The molecule has 0 saturated carbocycles. The standard InChI is InChI=1S/C22H24F2N4O2.HI/c1-25-22(27-12-10-16-6-3-5-15-7-4-11-26-20(15)16)28-14-17-13-18(29-2)8-9-19(17)30-21(23)24;/h3-9,11,13,21H,10,12,14H2,1-2H3,(H2,25,27,28);1H. The largest absolute Gasteiger partial charge is 0.497 e. The second-order valence-corrected chi connectivity index (χ2v) is 6.45. The first kappa shape index (κ1) is 24.6. The van der Waals surface area contributed by atoms with Gasteiger partial charge in [0.1, 0.15) is 11.5 Å². The van der Waals surface area contributed by atoms with Gasteiger partial charge < -0.3 is 20.1 Å². The van der Waals surface area contributed by atoms with Gasteiger partial charge in [0.25, 0.3) is 0 Å². The average Bonchev–Trinajstić information content (AvgIpc) is 2.76. The molecular weight excluding hydrogens is 517 g/mol. The molecule has 3 rings (SSSR count). The van der Waals surface area contributed by atoms with Crippen molar-refractivity contribution >= 4 is 40.8 Å². The van der Waals surface area contributed by atoms with Gasteiger partial charge in [-0.05, 0) is 36.2 Å². The molecule has 1 aromatic heterocycles. The molecule has 3 aromatic rings. The summed E-state index contributed by atoms with van der Waals surface area (Å²) in [7, 11) is 3.17. The quantitative estimate of drug-likeness (QED) is 0.252. The molecule has 0 aliphatic heterocycles. The van der Waals surface area contributed by atoms with E-state index >= 15 is 0 Å². The van der Waals surface area contributed by atoms with Crippen molar-refractivity contribution in [2.24, 2.45) is 4.99 Å². The van der Waals surface area contributed by atoms with Crippen molar-refractivity contribution in [2.75, 3.05) is 20.7 Å². The number of para-hydroxylation sites is 1. The van der Waals surface area contributed by atoms with Gasteiger partial charge in [0, 0.05) is 37.3 Å². The summed E-state index contributed by atoms with van der Waals surface area (Å²) < 4.78 is 35.1. The number of halogens is 3. The van der Waals surface area contributed by atoms with Crippen LogP contribution in [0.25, 0.3) is 10.9 Å². The Morgan fingerprint density at radius 3 is 2.65 bits per heavy atom. The molecule has 166 valence electrons. The van der Waals surface area contributed by atoms with E-state index in [0.717, 1.165) is 22.9 Å². The normalized spacial score (nSPS) is 11.2. The monoisotopic (exact) mass is 542 g/mol. The second kappa shape index (κ2) is 12.2. The molecule has 0 aliphatic carbocycles. The summed E-state index contributed by atoms with van der Waals surface area (Å²) in [6.45, 7) is -2.02. The van der Waals surface area contributed by atoms with E-state index in [1.165, 1.54) is 13.2 Å². The summed E-state index contributed by atoms with van der Waals surface area (Å²) in [6.07, 6.45) is 2.54. The molecule has 1 heterocycles. The maximum atomic E-state index is 12.7. The summed E-state index contributed by atoms with van der Waals surface area (Å²) >= 11 is 0. The number of hydrogen-bond donors (Lipinski definition) is 2. The molecule has 0 saturated heterocycles. The highest BCUT2D eigenvalue weighted by Gasteiger charge is 2.12. The van der Waals surface area contributed by atoms with Gasteiger partial charge >= 0.3 is 6.61 Å². The van der Waals surface area contributed by atoms with Crippen LogP contribution in [-0.2, 0) is 13.0 Å². The molecule has 0 unspecified atom stereocenters. The topological polar surface area (TPSA) is 67.8 Å². The number of ether oxygens (including phenoxy) is 2. The van der Waals surface area contributed by atoms with Crippen LogP contribution in [0.4, 0.5) is 8.78 Å². The van der Waals surface area contributed by atoms with Gasteiger partial charge in [0.05, 0.1) is 12.6 Å². The van der Waals surface area contributed by atoms with Gasteiger partial charge in [-0.3, -0.25) is 9.98 Å². The Bertz CT molecular complexity index is 1010. The number of pyridine rings is 1. The molecule has 2 aromatic carbocycles. The van der Waals surface area contributed by atoms with Crippen LogP contribution in [0.15, 0.2) is 59.7 Å². The molecule has 0 aliphatic rings. The molecule has 0 bridgehead atoms. The number of alkyl halides is 2. The number of rotatable bonds is 8. The molecule has 0 amide bonds. The van der Waals surface area contributed by atoms with Crippen molar-refractivity contribution in [1.82, 2.24) is 15.6 Å². The minimum atomic E-state index is -2.90. The summed E-state index contributed by atoms with van der Waals surface area (Å²) in [5, 5.41) is 7.45. The Hall–Kier alpha value is -2.69. The average molecular weight is 542 g/mol. The predicted molar refractivity (Wildman–Crippen MR) is 129 cm³/mol. The molecule has 0 radical (unpaired) electrons. The lowest BCUT2D eigenvalue weighted by Gasteiger charge is -2.15. The van der Waals surface area contributed by atoms with E-state index in [4.69, 9.17) is 4.74 Å². The van der Waals surface area contributed by atoms with Crippen molar-refractivity contribution in [2.45, 2.75) is 19.6 Å². The Balaban J connectivity index is 0.00000341. The van der Waals surface area contributed by atoms with Crippen LogP contribution in [0.3, 0.4) is 0 Å². The van der Waals surface area contributed by atoms with Crippen molar-refractivity contribution < 1.29 is 18.3 Å². The third-order valence-corrected chi connectivity index (χ3v) is 4.56. The van der Waals surface area contributed by atoms with Gasteiger partial charge in [0.2, 0.25) is 0 Å². The Kier molecular flexibility index (Phi) is 9.70. The van der Waals surface area contributed by atoms with Gasteiger partial charge in [-0.2, -0.15) is 8.78 Å². The zero-order valence-corrected chi connectivity index (χ0v) is 19.6. The smallest absolute Gasteiger partial charge is 0.387 e. The molecule has 0 spiro atoms. The van der Waals surface area contributed by atoms with Crippen LogP contribution in [0.2, 0.25) is 0 Å². The maximum Gasteiger partial charge on any atom is 0.387 e. The number of nitrogens with zero attached hydrogens (tertiary/aromatic N) is 2. The highest BCUT2D eigenvalue weighted by Crippen LogP contribution is 2.25. The fourth-order valence-corrected chi connectivity index (χ4v) is 3.12. The summed E-state index contributed by atoms with van der Waals surface area (Å²) in [5.74, 6) is 1.20. The van der Waals surface area contributed by atoms with Crippen molar-refractivity contribution in [3.05, 3.63) is 65.9 Å². The zero-order chi connectivity index (χ0) is 21.3. The fourth-order valence-electron chi connectivity index (χ4n) is 3.12. The van der Waals surface area contributed by atoms with E-state index in [-0.39, 0.29) is 36.3 Å². The van der Waals surface area contributed by atoms with E-state index < -0.39 is 6.61 Å². The fraction of sp³-hybridized carbons (Fsp3) is 0.273. The second-order valence-electron chi connectivity index (χ2n) is 6.45. The number of aliphatic imine (C=N–C) groups is 1. The first-order chi connectivity index (χ1) is 14.6. The van der Waals surface area contributed by atoms with Gasteiger partial charge in [-0.15, -0.1) is 24.0 Å². The van der Waals surface area contributed by atoms with Crippen LogP contribution >= 0.6 is 24.0 Å². The van der Waals surface area contributed by atoms with Crippen LogP contribution in [0.1, 0.15) is 11.1 Å². The maximum absolute atomic E-state index is 12.7. The number of methoxy groups -OCH3 is 1. The van der Waals surface area contributed by atoms with Crippen molar-refractivity contribution in [3.63, 3.8) is 0 Å². The Morgan fingerprint density at radius 2 is 1.90 bits per heavy atom. The molecule has 0 fully saturated rings. The molecule has 9 heteroatoms. The Morgan fingerprint density at radius 1 is 1.10 bits per heavy atom. The number of fused-ring (bicyclic) bond motifs is 1. The highest BCUT2D eigenvalue weighted by molar-refractivity contribution is 14.0. The van der Waals surface area contributed by atoms with E-state index in [1.807, 2.05) is 24.3 Å². The lowest BCUT2D eigenvalue weighted by atomic mass is 10.1. The number of nitrogens with one attached hydrogen (secondary N) is 2. The molecular formula is C22H25F2IN4O2. The van der Waals surface area contributed by atoms with Crippen LogP contribution < -0.4 is 20.1 Å². The van der Waals surface area contributed by atoms with Gasteiger partial charge in [-0.25, -0.2) is 0 Å². The summed E-state index contributed by atoms with van der Waals surface area (Å²) in [6, 6.07) is 14.7.